The molecule has 1 unspecified atom stereocenters. The lowest BCUT2D eigenvalue weighted by Crippen LogP contribution is -2.31. The average molecular weight is 385 g/mol. The van der Waals surface area contributed by atoms with Crippen LogP contribution in [0.25, 0.3) is 5.57 Å². The lowest BCUT2D eigenvalue weighted by atomic mass is 9.90. The predicted molar refractivity (Wildman–Crippen MR) is 111 cm³/mol. The van der Waals surface area contributed by atoms with Crippen molar-refractivity contribution in [3.8, 4) is 28.7 Å². The maximum Gasteiger partial charge on any atom is 0.203 e. The third-order valence-electron chi connectivity index (χ3n) is 5.17. The number of hydrogen-bond acceptors (Lipinski definition) is 6. The highest BCUT2D eigenvalue weighted by Crippen LogP contribution is 2.46. The Labute approximate surface area is 166 Å². The molecule has 0 amide bonds. The molecule has 28 heavy (non-hydrogen) atoms. The maximum atomic E-state index is 5.54. The number of ether oxygens (including phenoxy) is 5. The summed E-state index contributed by atoms with van der Waals surface area (Å²) >= 11 is 0. The van der Waals surface area contributed by atoms with E-state index in [1.54, 1.807) is 35.5 Å². The summed E-state index contributed by atoms with van der Waals surface area (Å²) in [6.45, 7) is 2.15. The molecule has 1 aliphatic heterocycles. The van der Waals surface area contributed by atoms with E-state index in [2.05, 4.69) is 24.9 Å². The number of anilines is 1. The molecule has 0 saturated heterocycles. The minimum Gasteiger partial charge on any atom is -0.493 e. The van der Waals surface area contributed by atoms with Gasteiger partial charge in [0.2, 0.25) is 5.75 Å². The quantitative estimate of drug-likeness (QED) is 0.749. The first kappa shape index (κ1) is 19.7. The Bertz CT molecular complexity index is 881. The van der Waals surface area contributed by atoms with Gasteiger partial charge in [-0.05, 0) is 36.3 Å². The summed E-state index contributed by atoms with van der Waals surface area (Å²) in [6, 6.07) is 8.14. The second-order valence-corrected chi connectivity index (χ2v) is 6.57. The molecule has 6 heteroatoms. The SMILES string of the molecule is COc1cc2c(cc1OC)N(C)C(C)C=C2c1cc(OC)c(OC)c(OC)c1. The van der Waals surface area contributed by atoms with Crippen LogP contribution in [0, 0.1) is 0 Å². The minimum absolute atomic E-state index is 0.194. The van der Waals surface area contributed by atoms with Gasteiger partial charge in [0.25, 0.3) is 0 Å². The van der Waals surface area contributed by atoms with E-state index < -0.39 is 0 Å². The van der Waals surface area contributed by atoms with Gasteiger partial charge in [-0.3, -0.25) is 0 Å². The predicted octanol–water partition coefficient (Wildman–Crippen LogP) is 4.00. The number of benzene rings is 2. The van der Waals surface area contributed by atoms with E-state index in [0.717, 1.165) is 22.4 Å². The van der Waals surface area contributed by atoms with Crippen LogP contribution in [-0.4, -0.2) is 48.6 Å². The summed E-state index contributed by atoms with van der Waals surface area (Å²) in [7, 11) is 10.2. The molecule has 3 rings (SSSR count). The third-order valence-corrected chi connectivity index (χ3v) is 5.17. The van der Waals surface area contributed by atoms with Gasteiger partial charge in [0, 0.05) is 30.4 Å². The topological polar surface area (TPSA) is 49.4 Å². The molecule has 150 valence electrons. The molecule has 0 aliphatic carbocycles. The summed E-state index contributed by atoms with van der Waals surface area (Å²) in [5, 5.41) is 0. The molecule has 0 aromatic heterocycles. The number of fused-ring (bicyclic) bond motifs is 1. The molecule has 0 N–H and O–H groups in total. The monoisotopic (exact) mass is 385 g/mol. The van der Waals surface area contributed by atoms with Crippen LogP contribution in [0.5, 0.6) is 28.7 Å². The van der Waals surface area contributed by atoms with Crippen molar-refractivity contribution in [3.05, 3.63) is 41.5 Å². The van der Waals surface area contributed by atoms with Gasteiger partial charge in [0.05, 0.1) is 35.5 Å². The highest BCUT2D eigenvalue weighted by Gasteiger charge is 2.26. The molecule has 0 saturated carbocycles. The van der Waals surface area contributed by atoms with Crippen molar-refractivity contribution >= 4 is 11.3 Å². The van der Waals surface area contributed by atoms with E-state index in [9.17, 15) is 0 Å². The van der Waals surface area contributed by atoms with E-state index in [4.69, 9.17) is 23.7 Å². The van der Waals surface area contributed by atoms with Gasteiger partial charge in [0.1, 0.15) is 0 Å². The highest BCUT2D eigenvalue weighted by molar-refractivity contribution is 5.91. The summed E-state index contributed by atoms with van der Waals surface area (Å²) in [5.74, 6) is 3.19. The fraction of sp³-hybridized carbons (Fsp3) is 0.364. The Kier molecular flexibility index (Phi) is 5.58. The largest absolute Gasteiger partial charge is 0.493 e. The van der Waals surface area contributed by atoms with E-state index in [0.29, 0.717) is 28.7 Å². The van der Waals surface area contributed by atoms with Gasteiger partial charge in [-0.15, -0.1) is 0 Å². The Morgan fingerprint density at radius 2 is 1.25 bits per heavy atom. The second-order valence-electron chi connectivity index (χ2n) is 6.57. The first-order valence-electron chi connectivity index (χ1n) is 9.00. The van der Waals surface area contributed by atoms with Crippen LogP contribution in [0.3, 0.4) is 0 Å². The molecule has 0 bridgehead atoms. The molecule has 1 atom stereocenters. The van der Waals surface area contributed by atoms with Gasteiger partial charge in [-0.25, -0.2) is 0 Å². The van der Waals surface area contributed by atoms with Crippen LogP contribution in [-0.2, 0) is 0 Å². The number of hydrogen-bond donors (Lipinski definition) is 0. The summed E-state index contributed by atoms with van der Waals surface area (Å²) in [6.07, 6.45) is 2.22. The molecule has 6 nitrogen and oxygen atoms in total. The van der Waals surface area contributed by atoms with Crippen LogP contribution in [0.2, 0.25) is 0 Å². The zero-order valence-corrected chi connectivity index (χ0v) is 17.5. The Morgan fingerprint density at radius 3 is 1.75 bits per heavy atom. The van der Waals surface area contributed by atoms with Crippen LogP contribution >= 0.6 is 0 Å². The molecule has 1 heterocycles. The van der Waals surface area contributed by atoms with Crippen molar-refractivity contribution in [2.24, 2.45) is 0 Å². The third kappa shape index (κ3) is 3.19. The van der Waals surface area contributed by atoms with Crippen LogP contribution in [0.1, 0.15) is 18.1 Å². The Morgan fingerprint density at radius 1 is 0.714 bits per heavy atom. The Hall–Kier alpha value is -3.02. The molecular formula is C22H27NO5. The summed E-state index contributed by atoms with van der Waals surface area (Å²) in [5.41, 5.74) is 4.16. The van der Waals surface area contributed by atoms with Gasteiger partial charge < -0.3 is 28.6 Å². The number of rotatable bonds is 6. The van der Waals surface area contributed by atoms with Gasteiger partial charge in [-0.1, -0.05) is 6.08 Å². The second kappa shape index (κ2) is 7.92. The number of methoxy groups -OCH3 is 5. The fourth-order valence-corrected chi connectivity index (χ4v) is 3.53. The molecule has 2 aromatic rings. The van der Waals surface area contributed by atoms with Crippen molar-refractivity contribution in [1.82, 2.24) is 0 Å². The maximum absolute atomic E-state index is 5.54. The van der Waals surface area contributed by atoms with Crippen molar-refractivity contribution in [2.45, 2.75) is 13.0 Å². The normalized spacial score (nSPS) is 15.5. The van der Waals surface area contributed by atoms with Crippen molar-refractivity contribution in [1.29, 1.82) is 0 Å². The Balaban J connectivity index is 2.25. The van der Waals surface area contributed by atoms with Gasteiger partial charge >= 0.3 is 0 Å². The summed E-state index contributed by atoms with van der Waals surface area (Å²) < 4.78 is 27.6. The smallest absolute Gasteiger partial charge is 0.203 e. The van der Waals surface area contributed by atoms with Crippen molar-refractivity contribution < 1.29 is 23.7 Å². The first-order valence-corrected chi connectivity index (χ1v) is 9.00. The van der Waals surface area contributed by atoms with E-state index in [1.165, 1.54) is 0 Å². The number of likely N-dealkylation sites (N-methyl/N-ethyl adjacent to an activating group) is 1. The zero-order valence-electron chi connectivity index (χ0n) is 17.5. The standard InChI is InChI=1S/C22H27NO5/c1-13-8-15(14-9-20(26-5)22(28-7)21(10-14)27-6)16-11-18(24-3)19(25-4)12-17(16)23(13)2/h8-13H,1-7H3. The van der Waals surface area contributed by atoms with Gasteiger partial charge in [-0.2, -0.15) is 0 Å². The van der Waals surface area contributed by atoms with Crippen molar-refractivity contribution in [2.75, 3.05) is 47.5 Å². The zero-order chi connectivity index (χ0) is 20.4. The van der Waals surface area contributed by atoms with E-state index in [-0.39, 0.29) is 6.04 Å². The molecule has 0 spiro atoms. The summed E-state index contributed by atoms with van der Waals surface area (Å²) in [4.78, 5) is 2.21. The molecule has 0 radical (unpaired) electrons. The molecule has 0 fully saturated rings. The van der Waals surface area contributed by atoms with E-state index >= 15 is 0 Å². The van der Waals surface area contributed by atoms with Crippen molar-refractivity contribution in [3.63, 3.8) is 0 Å². The molecule has 1 aliphatic rings. The lowest BCUT2D eigenvalue weighted by Gasteiger charge is -2.34. The van der Waals surface area contributed by atoms with Crippen LogP contribution in [0.4, 0.5) is 5.69 Å². The fourth-order valence-electron chi connectivity index (χ4n) is 3.53. The first-order chi connectivity index (χ1) is 13.5. The average Bonchev–Trinajstić information content (AvgIpc) is 2.73. The minimum atomic E-state index is 0.194. The number of nitrogens with zero attached hydrogens (tertiary/aromatic N) is 1. The van der Waals surface area contributed by atoms with E-state index in [1.807, 2.05) is 24.3 Å². The van der Waals surface area contributed by atoms with Crippen LogP contribution < -0.4 is 28.6 Å². The van der Waals surface area contributed by atoms with Crippen LogP contribution in [0.15, 0.2) is 30.3 Å². The molecular weight excluding hydrogens is 358 g/mol. The van der Waals surface area contributed by atoms with Gasteiger partial charge in [0.15, 0.2) is 23.0 Å². The lowest BCUT2D eigenvalue weighted by molar-refractivity contribution is 0.324. The highest BCUT2D eigenvalue weighted by atomic mass is 16.5. The molecule has 2 aromatic carbocycles.